The Balaban J connectivity index is 2.74. The average Bonchev–Trinajstić information content (AvgIpc) is 2.57. The molecule has 96 valence electrons. The van der Waals surface area contributed by atoms with E-state index in [1.807, 2.05) is 0 Å². The van der Waals surface area contributed by atoms with Crippen LogP contribution in [0.25, 0.3) is 0 Å². The van der Waals surface area contributed by atoms with Gasteiger partial charge in [-0.3, -0.25) is 9.59 Å². The molecule has 1 heterocycles. The van der Waals surface area contributed by atoms with E-state index in [1.54, 1.807) is 6.92 Å². The number of cyclic esters (lactones) is 1. The van der Waals surface area contributed by atoms with Gasteiger partial charge in [-0.25, -0.2) is 4.79 Å². The third-order valence-corrected chi connectivity index (χ3v) is 2.28. The number of ether oxygens (including phenoxy) is 2. The van der Waals surface area contributed by atoms with E-state index in [9.17, 15) is 19.5 Å². The minimum Gasteiger partial charge on any atom is -0.450 e. The fourth-order valence-corrected chi connectivity index (χ4v) is 1.42. The molecule has 0 amide bonds. The van der Waals surface area contributed by atoms with Crippen LogP contribution in [-0.2, 0) is 23.9 Å². The Kier molecular flexibility index (Phi) is 4.59. The maximum atomic E-state index is 11.3. The number of rotatable bonds is 5. The van der Waals surface area contributed by atoms with E-state index in [2.05, 4.69) is 4.74 Å². The van der Waals surface area contributed by atoms with Crippen molar-refractivity contribution in [3.05, 3.63) is 0 Å². The second kappa shape index (κ2) is 5.74. The van der Waals surface area contributed by atoms with E-state index in [1.165, 1.54) is 0 Å². The number of Topliss-reactive ketones (excluding diaryl/α,β-unsaturated/α-hetero) is 1. The van der Waals surface area contributed by atoms with Crippen LogP contribution >= 0.6 is 0 Å². The van der Waals surface area contributed by atoms with E-state index in [4.69, 9.17) is 9.84 Å². The second-order valence-corrected chi connectivity index (χ2v) is 3.64. The van der Waals surface area contributed by atoms with Crippen molar-refractivity contribution in [3.63, 3.8) is 0 Å². The number of carbonyl (C=O) groups excluding carboxylic acids is 3. The van der Waals surface area contributed by atoms with Gasteiger partial charge < -0.3 is 19.7 Å². The van der Waals surface area contributed by atoms with Gasteiger partial charge in [0.15, 0.2) is 6.10 Å². The lowest BCUT2D eigenvalue weighted by molar-refractivity contribution is -0.160. The van der Waals surface area contributed by atoms with Crippen molar-refractivity contribution in [2.24, 2.45) is 0 Å². The average molecular weight is 246 g/mol. The van der Waals surface area contributed by atoms with Gasteiger partial charge in [-0.1, -0.05) is 6.92 Å². The molecular weight excluding hydrogens is 232 g/mol. The number of esters is 2. The fraction of sp³-hybridized carbons (Fsp3) is 0.700. The summed E-state index contributed by atoms with van der Waals surface area (Å²) in [6.45, 7) is 1.05. The molecule has 0 aromatic rings. The van der Waals surface area contributed by atoms with E-state index >= 15 is 0 Å². The topological polar surface area (TPSA) is 110 Å². The highest BCUT2D eigenvalue weighted by Gasteiger charge is 2.49. The summed E-state index contributed by atoms with van der Waals surface area (Å²) < 4.78 is 9.31. The van der Waals surface area contributed by atoms with Gasteiger partial charge in [-0.2, -0.15) is 0 Å². The molecular formula is C10H14O7. The van der Waals surface area contributed by atoms with Gasteiger partial charge in [0.1, 0.15) is 6.10 Å². The summed E-state index contributed by atoms with van der Waals surface area (Å²) in [5, 5.41) is 18.1. The van der Waals surface area contributed by atoms with Gasteiger partial charge in [0.2, 0.25) is 6.10 Å². The van der Waals surface area contributed by atoms with Gasteiger partial charge in [0.25, 0.3) is 5.78 Å². The third kappa shape index (κ3) is 3.01. The third-order valence-electron chi connectivity index (χ3n) is 2.28. The molecule has 0 bridgehead atoms. The van der Waals surface area contributed by atoms with Crippen molar-refractivity contribution < 1.29 is 34.1 Å². The number of hydrogen-bond donors (Lipinski definition) is 2. The van der Waals surface area contributed by atoms with Crippen LogP contribution in [0.3, 0.4) is 0 Å². The SMILES string of the molecule is CCCC(=O)OC1C(=O)C(=O)O[C@@H]1[C@@H](O)CO. The molecule has 1 aliphatic rings. The van der Waals surface area contributed by atoms with E-state index < -0.39 is 42.6 Å². The zero-order valence-corrected chi connectivity index (χ0v) is 9.29. The Morgan fingerprint density at radius 1 is 1.53 bits per heavy atom. The maximum absolute atomic E-state index is 11.3. The van der Waals surface area contributed by atoms with Gasteiger partial charge in [0.05, 0.1) is 6.61 Å². The second-order valence-electron chi connectivity index (χ2n) is 3.64. The molecule has 1 fully saturated rings. The molecule has 17 heavy (non-hydrogen) atoms. The Morgan fingerprint density at radius 2 is 2.18 bits per heavy atom. The quantitative estimate of drug-likeness (QED) is 0.451. The molecule has 7 heteroatoms. The highest BCUT2D eigenvalue weighted by molar-refractivity contribution is 6.37. The van der Waals surface area contributed by atoms with Crippen molar-refractivity contribution in [1.82, 2.24) is 0 Å². The first-order valence-corrected chi connectivity index (χ1v) is 5.24. The van der Waals surface area contributed by atoms with Crippen molar-refractivity contribution >= 4 is 17.7 Å². The predicted octanol–water partition coefficient (Wildman–Crippen LogP) is -1.45. The number of aliphatic hydroxyl groups excluding tert-OH is 2. The number of ketones is 1. The van der Waals surface area contributed by atoms with Gasteiger partial charge in [-0.15, -0.1) is 0 Å². The van der Waals surface area contributed by atoms with Gasteiger partial charge in [-0.05, 0) is 6.42 Å². The smallest absolute Gasteiger partial charge is 0.379 e. The number of hydrogen-bond acceptors (Lipinski definition) is 7. The van der Waals surface area contributed by atoms with Crippen molar-refractivity contribution in [2.45, 2.75) is 38.1 Å². The first-order valence-electron chi connectivity index (χ1n) is 5.24. The van der Waals surface area contributed by atoms with E-state index in [0.29, 0.717) is 6.42 Å². The Morgan fingerprint density at radius 3 is 2.71 bits per heavy atom. The Hall–Kier alpha value is -1.47. The molecule has 1 unspecified atom stereocenters. The molecule has 3 atom stereocenters. The zero-order chi connectivity index (χ0) is 13.0. The van der Waals surface area contributed by atoms with Gasteiger partial charge in [0, 0.05) is 6.42 Å². The van der Waals surface area contributed by atoms with E-state index in [0.717, 1.165) is 0 Å². The summed E-state index contributed by atoms with van der Waals surface area (Å²) >= 11 is 0. The van der Waals surface area contributed by atoms with Crippen molar-refractivity contribution in [1.29, 1.82) is 0 Å². The lowest BCUT2D eigenvalue weighted by Crippen LogP contribution is -2.41. The molecule has 0 aliphatic carbocycles. The lowest BCUT2D eigenvalue weighted by Gasteiger charge is -2.20. The molecule has 7 nitrogen and oxygen atoms in total. The Labute approximate surface area is 97.3 Å². The monoisotopic (exact) mass is 246 g/mol. The van der Waals surface area contributed by atoms with Crippen LogP contribution in [0.2, 0.25) is 0 Å². The molecule has 0 spiro atoms. The van der Waals surface area contributed by atoms with Gasteiger partial charge >= 0.3 is 11.9 Å². The van der Waals surface area contributed by atoms with Crippen LogP contribution in [0.4, 0.5) is 0 Å². The molecule has 0 aromatic carbocycles. The van der Waals surface area contributed by atoms with Crippen molar-refractivity contribution in [3.8, 4) is 0 Å². The number of aliphatic hydroxyl groups is 2. The van der Waals surface area contributed by atoms with Crippen molar-refractivity contribution in [2.75, 3.05) is 6.61 Å². The van der Waals surface area contributed by atoms with Crippen LogP contribution in [0.15, 0.2) is 0 Å². The van der Waals surface area contributed by atoms with Crippen LogP contribution in [0, 0.1) is 0 Å². The predicted molar refractivity (Wildman–Crippen MR) is 52.8 cm³/mol. The minimum atomic E-state index is -1.47. The Bertz CT molecular complexity index is 325. The molecule has 0 radical (unpaired) electrons. The first kappa shape index (κ1) is 13.6. The minimum absolute atomic E-state index is 0.0971. The highest BCUT2D eigenvalue weighted by atomic mass is 16.6. The molecule has 1 aliphatic heterocycles. The van der Waals surface area contributed by atoms with E-state index in [-0.39, 0.29) is 6.42 Å². The molecule has 0 saturated carbocycles. The van der Waals surface area contributed by atoms with Crippen LogP contribution in [0.5, 0.6) is 0 Å². The standard InChI is InChI=1S/C10H14O7/c1-2-3-6(13)16-9-7(14)10(15)17-8(9)5(12)4-11/h5,8-9,11-12H,2-4H2,1H3/t5-,8+,9?/m0/s1. The summed E-state index contributed by atoms with van der Waals surface area (Å²) in [5.41, 5.74) is 0. The summed E-state index contributed by atoms with van der Waals surface area (Å²) in [4.78, 5) is 33.6. The molecule has 0 aromatic heterocycles. The number of carbonyl (C=O) groups is 3. The maximum Gasteiger partial charge on any atom is 0.379 e. The summed E-state index contributed by atoms with van der Waals surface area (Å²) in [5.74, 6) is -2.84. The first-order chi connectivity index (χ1) is 8.01. The molecule has 2 N–H and O–H groups in total. The summed E-state index contributed by atoms with van der Waals surface area (Å²) in [7, 11) is 0. The summed E-state index contributed by atoms with van der Waals surface area (Å²) in [6, 6.07) is 0. The molecule has 1 rings (SSSR count). The van der Waals surface area contributed by atoms with Crippen LogP contribution < -0.4 is 0 Å². The van der Waals surface area contributed by atoms with Crippen LogP contribution in [0.1, 0.15) is 19.8 Å². The summed E-state index contributed by atoms with van der Waals surface area (Å²) in [6.07, 6.45) is -3.63. The molecule has 1 saturated heterocycles. The normalized spacial score (nSPS) is 25.6. The lowest BCUT2D eigenvalue weighted by atomic mass is 10.1. The largest absolute Gasteiger partial charge is 0.450 e. The zero-order valence-electron chi connectivity index (χ0n) is 9.29. The van der Waals surface area contributed by atoms with Crippen LogP contribution in [-0.4, -0.2) is 52.9 Å². The highest BCUT2D eigenvalue weighted by Crippen LogP contribution is 2.19. The fourth-order valence-electron chi connectivity index (χ4n) is 1.42.